The molecule has 4 rings (SSSR count). The zero-order valence-electron chi connectivity index (χ0n) is 16.6. The lowest BCUT2D eigenvalue weighted by Gasteiger charge is -2.09. The third-order valence-corrected chi connectivity index (χ3v) is 6.03. The fourth-order valence-electron chi connectivity index (χ4n) is 2.76. The zero-order valence-corrected chi connectivity index (χ0v) is 18.2. The number of hydrogen-bond acceptors (Lipinski definition) is 7. The molecule has 6 nitrogen and oxygen atoms in total. The maximum atomic E-state index is 13.8. The van der Waals surface area contributed by atoms with E-state index in [0.29, 0.717) is 18.1 Å². The Hall–Kier alpha value is -3.17. The minimum Gasteiger partial charge on any atom is -0.483 e. The summed E-state index contributed by atoms with van der Waals surface area (Å²) in [7, 11) is 0. The molecule has 0 atom stereocenters. The largest absolute Gasteiger partial charge is 0.483 e. The second-order valence-electron chi connectivity index (χ2n) is 6.44. The molecule has 0 unspecified atom stereocenters. The van der Waals surface area contributed by atoms with Gasteiger partial charge in [0.05, 0.1) is 5.69 Å². The summed E-state index contributed by atoms with van der Waals surface area (Å²) in [6.07, 6.45) is 1.77. The molecule has 158 valence electrons. The number of nitrogens with zero attached hydrogens (tertiary/aromatic N) is 4. The molecule has 2 heterocycles. The summed E-state index contributed by atoms with van der Waals surface area (Å²) < 4.78 is 21.3. The van der Waals surface area contributed by atoms with Crippen LogP contribution in [-0.2, 0) is 18.9 Å². The number of para-hydroxylation sites is 2. The summed E-state index contributed by atoms with van der Waals surface area (Å²) in [6, 6.07) is 16.2. The topological polar surface area (TPSA) is 64.9 Å². The maximum absolute atomic E-state index is 13.8. The first-order chi connectivity index (χ1) is 15.2. The number of hydrogen-bond donors (Lipinski definition) is 1. The van der Waals surface area contributed by atoms with Gasteiger partial charge < -0.3 is 10.1 Å². The average Bonchev–Trinajstić information content (AvgIpc) is 3.39. The first-order valence-corrected chi connectivity index (χ1v) is 11.4. The van der Waals surface area contributed by atoms with E-state index in [1.807, 2.05) is 40.3 Å². The van der Waals surface area contributed by atoms with Crippen LogP contribution in [0.2, 0.25) is 0 Å². The molecule has 0 saturated heterocycles. The summed E-state index contributed by atoms with van der Waals surface area (Å²) in [4.78, 5) is 4.63. The molecule has 1 N–H and O–H groups in total. The Morgan fingerprint density at radius 3 is 2.74 bits per heavy atom. The lowest BCUT2D eigenvalue weighted by Crippen LogP contribution is -2.08. The SMILES string of the molecule is C=CCn1c(COc2ccccc2F)nnc1SCc1csc(Nc2ccccc2)n1. The van der Waals surface area contributed by atoms with Gasteiger partial charge in [0, 0.05) is 23.4 Å². The van der Waals surface area contributed by atoms with Crippen LogP contribution in [0, 0.1) is 5.82 Å². The molecule has 0 fully saturated rings. The van der Waals surface area contributed by atoms with Gasteiger partial charge in [-0.15, -0.1) is 28.1 Å². The van der Waals surface area contributed by atoms with Gasteiger partial charge >= 0.3 is 0 Å². The van der Waals surface area contributed by atoms with E-state index in [1.54, 1.807) is 35.6 Å². The molecule has 2 aromatic heterocycles. The molecular weight excluding hydrogens is 433 g/mol. The summed E-state index contributed by atoms with van der Waals surface area (Å²) in [5, 5.41) is 15.4. The molecule has 9 heteroatoms. The highest BCUT2D eigenvalue weighted by molar-refractivity contribution is 7.98. The van der Waals surface area contributed by atoms with Gasteiger partial charge in [-0.3, -0.25) is 4.57 Å². The Kier molecular flexibility index (Phi) is 6.96. The minimum absolute atomic E-state index is 0.115. The average molecular weight is 454 g/mol. The number of benzene rings is 2. The molecule has 0 amide bonds. The van der Waals surface area contributed by atoms with Gasteiger partial charge in [0.1, 0.15) is 6.61 Å². The van der Waals surface area contributed by atoms with Crippen LogP contribution in [0.5, 0.6) is 5.75 Å². The number of nitrogens with one attached hydrogen (secondary N) is 1. The number of thioether (sulfide) groups is 1. The molecule has 0 radical (unpaired) electrons. The Bertz CT molecular complexity index is 1150. The van der Waals surface area contributed by atoms with Crippen molar-refractivity contribution in [3.05, 3.63) is 90.0 Å². The molecule has 0 aliphatic heterocycles. The normalized spacial score (nSPS) is 10.7. The molecule has 4 aromatic rings. The second kappa shape index (κ2) is 10.2. The summed E-state index contributed by atoms with van der Waals surface area (Å²) in [6.45, 7) is 4.45. The smallest absolute Gasteiger partial charge is 0.191 e. The Morgan fingerprint density at radius 1 is 1.13 bits per heavy atom. The number of thiazole rings is 1. The molecule has 0 bridgehead atoms. The van der Waals surface area contributed by atoms with E-state index in [-0.39, 0.29) is 12.4 Å². The Morgan fingerprint density at radius 2 is 1.94 bits per heavy atom. The number of rotatable bonds is 10. The van der Waals surface area contributed by atoms with E-state index in [0.717, 1.165) is 21.7 Å². The first kappa shape index (κ1) is 21.1. The van der Waals surface area contributed by atoms with Crippen LogP contribution >= 0.6 is 23.1 Å². The van der Waals surface area contributed by atoms with Crippen LogP contribution in [0.4, 0.5) is 15.2 Å². The predicted octanol–water partition coefficient (Wildman–Crippen LogP) is 5.67. The van der Waals surface area contributed by atoms with Crippen molar-refractivity contribution in [1.29, 1.82) is 0 Å². The summed E-state index contributed by atoms with van der Waals surface area (Å²) in [5.74, 6) is 1.03. The third-order valence-electron chi connectivity index (χ3n) is 4.22. The number of halogens is 1. The fourth-order valence-corrected chi connectivity index (χ4v) is 4.46. The summed E-state index contributed by atoms with van der Waals surface area (Å²) >= 11 is 3.09. The highest BCUT2D eigenvalue weighted by Crippen LogP contribution is 2.27. The number of anilines is 2. The van der Waals surface area contributed by atoms with Gasteiger partial charge in [0.15, 0.2) is 27.7 Å². The molecule has 0 aliphatic rings. The first-order valence-electron chi connectivity index (χ1n) is 9.52. The standard InChI is InChI=1S/C22H20FN5OS2/c1-2-12-28-20(13-29-19-11-7-6-10-18(19)23)26-27-22(28)31-15-17-14-30-21(25-17)24-16-8-4-3-5-9-16/h2-11,14H,1,12-13,15H2,(H,24,25). The highest BCUT2D eigenvalue weighted by atomic mass is 32.2. The number of ether oxygens (including phenoxy) is 1. The molecular formula is C22H20FN5OS2. The Labute approximate surface area is 187 Å². The Balaban J connectivity index is 1.39. The van der Waals surface area contributed by atoms with Crippen LogP contribution < -0.4 is 10.1 Å². The van der Waals surface area contributed by atoms with E-state index in [1.165, 1.54) is 17.8 Å². The van der Waals surface area contributed by atoms with Crippen LogP contribution in [0.1, 0.15) is 11.5 Å². The van der Waals surface area contributed by atoms with Crippen LogP contribution in [0.15, 0.2) is 77.8 Å². The van der Waals surface area contributed by atoms with Crippen molar-refractivity contribution in [3.8, 4) is 5.75 Å². The van der Waals surface area contributed by atoms with Crippen molar-refractivity contribution >= 4 is 33.9 Å². The van der Waals surface area contributed by atoms with Gasteiger partial charge in [0.25, 0.3) is 0 Å². The second-order valence-corrected chi connectivity index (χ2v) is 8.24. The van der Waals surface area contributed by atoms with Crippen molar-refractivity contribution < 1.29 is 9.13 Å². The van der Waals surface area contributed by atoms with Gasteiger partial charge in [0.2, 0.25) is 0 Å². The number of aromatic nitrogens is 4. The van der Waals surface area contributed by atoms with Gasteiger partial charge in [-0.1, -0.05) is 48.2 Å². The van der Waals surface area contributed by atoms with Gasteiger partial charge in [-0.2, -0.15) is 0 Å². The maximum Gasteiger partial charge on any atom is 0.191 e. The van der Waals surface area contributed by atoms with Crippen molar-refractivity contribution in [2.24, 2.45) is 0 Å². The van der Waals surface area contributed by atoms with Gasteiger partial charge in [-0.05, 0) is 24.3 Å². The lowest BCUT2D eigenvalue weighted by atomic mass is 10.3. The van der Waals surface area contributed by atoms with Crippen molar-refractivity contribution in [1.82, 2.24) is 19.7 Å². The highest BCUT2D eigenvalue weighted by Gasteiger charge is 2.14. The third kappa shape index (κ3) is 5.50. The van der Waals surface area contributed by atoms with E-state index >= 15 is 0 Å². The van der Waals surface area contributed by atoms with Crippen LogP contribution in [-0.4, -0.2) is 19.7 Å². The zero-order chi connectivity index (χ0) is 21.5. The van der Waals surface area contributed by atoms with Crippen molar-refractivity contribution in [2.75, 3.05) is 5.32 Å². The van der Waals surface area contributed by atoms with E-state index in [4.69, 9.17) is 4.74 Å². The predicted molar refractivity (Wildman–Crippen MR) is 122 cm³/mol. The molecule has 2 aromatic carbocycles. The van der Waals surface area contributed by atoms with E-state index in [2.05, 4.69) is 27.1 Å². The molecule has 0 aliphatic carbocycles. The van der Waals surface area contributed by atoms with Crippen molar-refractivity contribution in [3.63, 3.8) is 0 Å². The molecule has 0 saturated carbocycles. The van der Waals surface area contributed by atoms with Crippen LogP contribution in [0.25, 0.3) is 0 Å². The van der Waals surface area contributed by atoms with E-state index < -0.39 is 5.82 Å². The quantitative estimate of drug-likeness (QED) is 0.246. The lowest BCUT2D eigenvalue weighted by molar-refractivity contribution is 0.275. The van der Waals surface area contributed by atoms with Crippen molar-refractivity contribution in [2.45, 2.75) is 24.1 Å². The number of allylic oxidation sites excluding steroid dienone is 1. The van der Waals surface area contributed by atoms with Gasteiger partial charge in [-0.25, -0.2) is 9.37 Å². The minimum atomic E-state index is -0.407. The monoisotopic (exact) mass is 453 g/mol. The van der Waals surface area contributed by atoms with Crippen LogP contribution in [0.3, 0.4) is 0 Å². The fraction of sp³-hybridized carbons (Fsp3) is 0.136. The molecule has 31 heavy (non-hydrogen) atoms. The van der Waals surface area contributed by atoms with E-state index in [9.17, 15) is 4.39 Å². The summed E-state index contributed by atoms with van der Waals surface area (Å²) in [5.41, 5.74) is 1.95. The molecule has 0 spiro atoms.